The summed E-state index contributed by atoms with van der Waals surface area (Å²) < 4.78 is 9.92. The minimum Gasteiger partial charge on any atom is -0.494 e. The van der Waals surface area contributed by atoms with Crippen molar-refractivity contribution in [3.63, 3.8) is 0 Å². The van der Waals surface area contributed by atoms with Gasteiger partial charge in [-0.1, -0.05) is 0 Å². The number of ether oxygens (including phenoxy) is 1. The molecule has 1 aliphatic rings. The molecule has 4 aromatic rings. The first-order valence-corrected chi connectivity index (χ1v) is 11.5. The van der Waals surface area contributed by atoms with Crippen LogP contribution < -0.4 is 10.5 Å². The maximum absolute atomic E-state index is 13.2. The monoisotopic (exact) mass is 446 g/mol. The van der Waals surface area contributed by atoms with Crippen LogP contribution in [0.25, 0.3) is 33.6 Å². The van der Waals surface area contributed by atoms with E-state index in [4.69, 9.17) is 20.4 Å². The van der Waals surface area contributed by atoms with Gasteiger partial charge in [0.2, 0.25) is 0 Å². The van der Waals surface area contributed by atoms with Gasteiger partial charge < -0.3 is 24.5 Å². The first-order chi connectivity index (χ1) is 15.9. The second-order valence-electron chi connectivity index (χ2n) is 8.83. The van der Waals surface area contributed by atoms with Gasteiger partial charge in [0.1, 0.15) is 16.9 Å². The van der Waals surface area contributed by atoms with Crippen molar-refractivity contribution in [3.05, 3.63) is 41.6 Å². The number of carbonyl (C=O) groups excluding carboxylic acids is 1. The summed E-state index contributed by atoms with van der Waals surface area (Å²) in [7, 11) is 3.61. The molecule has 0 aliphatic carbocycles. The van der Waals surface area contributed by atoms with Gasteiger partial charge in [-0.05, 0) is 57.0 Å². The molecule has 5 rings (SSSR count). The highest BCUT2D eigenvalue weighted by Crippen LogP contribution is 2.34. The van der Waals surface area contributed by atoms with Gasteiger partial charge in [-0.2, -0.15) is 0 Å². The summed E-state index contributed by atoms with van der Waals surface area (Å²) in [6.07, 6.45) is 1.88. The molecular weight excluding hydrogens is 416 g/mol. The highest BCUT2D eigenvalue weighted by Gasteiger charge is 2.25. The van der Waals surface area contributed by atoms with Crippen LogP contribution >= 0.6 is 0 Å². The van der Waals surface area contributed by atoms with Gasteiger partial charge in [-0.15, -0.1) is 0 Å². The van der Waals surface area contributed by atoms with E-state index < -0.39 is 0 Å². The van der Waals surface area contributed by atoms with Crippen LogP contribution in [0.2, 0.25) is 0 Å². The summed E-state index contributed by atoms with van der Waals surface area (Å²) in [4.78, 5) is 24.8. The molecule has 1 amide bonds. The minimum absolute atomic E-state index is 0.0279. The van der Waals surface area contributed by atoms with Crippen LogP contribution in [-0.4, -0.2) is 56.2 Å². The fourth-order valence-corrected chi connectivity index (χ4v) is 4.92. The second kappa shape index (κ2) is 8.19. The van der Waals surface area contributed by atoms with E-state index in [1.54, 1.807) is 7.11 Å². The van der Waals surface area contributed by atoms with Crippen LogP contribution in [0, 0.1) is 6.92 Å². The SMILES string of the molecule is CCn1c(-c2nc3cc(C(=O)N4CCC[C@@H](N)C4)cc(OC)c3n2C)cc2ccc(C)nc21. The Labute approximate surface area is 193 Å². The molecule has 0 saturated carbocycles. The van der Waals surface area contributed by atoms with Gasteiger partial charge in [0.15, 0.2) is 5.82 Å². The number of aryl methyl sites for hydroxylation is 3. The molecule has 3 aromatic heterocycles. The Balaban J connectivity index is 1.65. The Morgan fingerprint density at radius 2 is 2.06 bits per heavy atom. The number of nitrogens with zero attached hydrogens (tertiary/aromatic N) is 5. The van der Waals surface area contributed by atoms with E-state index in [9.17, 15) is 4.79 Å². The molecule has 1 aromatic carbocycles. The number of likely N-dealkylation sites (tertiary alicyclic amines) is 1. The Morgan fingerprint density at radius 1 is 1.24 bits per heavy atom. The lowest BCUT2D eigenvalue weighted by Gasteiger charge is -2.30. The van der Waals surface area contributed by atoms with Crippen molar-refractivity contribution in [1.82, 2.24) is 24.0 Å². The van der Waals surface area contributed by atoms with Crippen LogP contribution in [0.1, 0.15) is 35.8 Å². The summed E-state index contributed by atoms with van der Waals surface area (Å²) in [6.45, 7) is 6.18. The zero-order valence-corrected chi connectivity index (χ0v) is 19.6. The van der Waals surface area contributed by atoms with Crippen molar-refractivity contribution in [2.45, 2.75) is 39.3 Å². The predicted octanol–water partition coefficient (Wildman–Crippen LogP) is 3.49. The predicted molar refractivity (Wildman–Crippen MR) is 130 cm³/mol. The Morgan fingerprint density at radius 3 is 2.79 bits per heavy atom. The molecule has 8 nitrogen and oxygen atoms in total. The van der Waals surface area contributed by atoms with Gasteiger partial charge >= 0.3 is 0 Å². The minimum atomic E-state index is -0.0279. The number of methoxy groups -OCH3 is 1. The molecule has 1 aliphatic heterocycles. The van der Waals surface area contributed by atoms with E-state index in [0.29, 0.717) is 17.9 Å². The van der Waals surface area contributed by atoms with E-state index in [0.717, 1.165) is 65.2 Å². The molecule has 0 spiro atoms. The van der Waals surface area contributed by atoms with E-state index in [1.165, 1.54) is 0 Å². The van der Waals surface area contributed by atoms with Crippen molar-refractivity contribution in [2.24, 2.45) is 12.8 Å². The Hall–Kier alpha value is -3.39. The zero-order chi connectivity index (χ0) is 23.3. The number of piperidine rings is 1. The topological polar surface area (TPSA) is 91.2 Å². The summed E-state index contributed by atoms with van der Waals surface area (Å²) in [5.41, 5.74) is 11.2. The molecule has 4 heterocycles. The first-order valence-electron chi connectivity index (χ1n) is 11.5. The van der Waals surface area contributed by atoms with Gasteiger partial charge in [-0.3, -0.25) is 4.79 Å². The fourth-order valence-electron chi connectivity index (χ4n) is 4.92. The number of carbonyl (C=O) groups is 1. The molecule has 1 saturated heterocycles. The summed E-state index contributed by atoms with van der Waals surface area (Å²) in [5, 5.41) is 1.08. The molecule has 1 fully saturated rings. The molecule has 1 atom stereocenters. The molecule has 172 valence electrons. The largest absolute Gasteiger partial charge is 0.494 e. The molecule has 0 radical (unpaired) electrons. The van der Waals surface area contributed by atoms with Crippen LogP contribution in [0.4, 0.5) is 0 Å². The summed E-state index contributed by atoms with van der Waals surface area (Å²) >= 11 is 0. The van der Waals surface area contributed by atoms with Crippen molar-refractivity contribution in [3.8, 4) is 17.3 Å². The van der Waals surface area contributed by atoms with Crippen LogP contribution in [0.3, 0.4) is 0 Å². The molecule has 2 N–H and O–H groups in total. The molecule has 33 heavy (non-hydrogen) atoms. The van der Waals surface area contributed by atoms with E-state index in [-0.39, 0.29) is 11.9 Å². The van der Waals surface area contributed by atoms with Gasteiger partial charge in [0.05, 0.1) is 18.3 Å². The van der Waals surface area contributed by atoms with E-state index in [1.807, 2.05) is 41.6 Å². The fraction of sp³-hybridized carbons (Fsp3) is 0.400. The number of benzene rings is 1. The number of nitrogens with two attached hydrogens (primary N) is 1. The summed E-state index contributed by atoms with van der Waals surface area (Å²) in [5.74, 6) is 1.41. The lowest BCUT2D eigenvalue weighted by molar-refractivity contribution is 0.0708. The van der Waals surface area contributed by atoms with Gasteiger partial charge in [-0.25, -0.2) is 9.97 Å². The number of aromatic nitrogens is 4. The third-order valence-electron chi connectivity index (χ3n) is 6.57. The third kappa shape index (κ3) is 3.54. The lowest BCUT2D eigenvalue weighted by atomic mass is 10.0. The maximum Gasteiger partial charge on any atom is 0.254 e. The highest BCUT2D eigenvalue weighted by molar-refractivity contribution is 6.00. The average molecular weight is 447 g/mol. The van der Waals surface area contributed by atoms with Crippen molar-refractivity contribution in [1.29, 1.82) is 0 Å². The van der Waals surface area contributed by atoms with E-state index in [2.05, 4.69) is 23.6 Å². The smallest absolute Gasteiger partial charge is 0.254 e. The standard InChI is InChI=1S/C25H30N6O2/c1-5-31-20(12-16-9-8-15(2)27-23(16)31)24-28-19-11-17(13-21(33-4)22(19)29(24)3)25(32)30-10-6-7-18(26)14-30/h8-9,11-13,18H,5-7,10,14,26H2,1-4H3/t18-/m1/s1. The quantitative estimate of drug-likeness (QED) is 0.518. The number of pyridine rings is 1. The molecule has 0 bridgehead atoms. The van der Waals surface area contributed by atoms with Crippen LogP contribution in [0.15, 0.2) is 30.3 Å². The number of rotatable bonds is 4. The summed E-state index contributed by atoms with van der Waals surface area (Å²) in [6, 6.07) is 9.95. The zero-order valence-electron chi connectivity index (χ0n) is 19.6. The Kier molecular flexibility index (Phi) is 5.32. The van der Waals surface area contributed by atoms with Gasteiger partial charge in [0.25, 0.3) is 5.91 Å². The first kappa shape index (κ1) is 21.5. The van der Waals surface area contributed by atoms with Crippen molar-refractivity contribution >= 4 is 28.0 Å². The number of hydrogen-bond donors (Lipinski definition) is 1. The second-order valence-corrected chi connectivity index (χ2v) is 8.83. The van der Waals surface area contributed by atoms with Crippen molar-refractivity contribution < 1.29 is 9.53 Å². The van der Waals surface area contributed by atoms with Crippen LogP contribution in [-0.2, 0) is 13.6 Å². The highest BCUT2D eigenvalue weighted by atomic mass is 16.5. The Bertz CT molecular complexity index is 1370. The number of imidazole rings is 1. The lowest BCUT2D eigenvalue weighted by Crippen LogP contribution is -2.45. The average Bonchev–Trinajstić information content (AvgIpc) is 3.34. The molecule has 8 heteroatoms. The number of fused-ring (bicyclic) bond motifs is 2. The molecule has 0 unspecified atom stereocenters. The van der Waals surface area contributed by atoms with E-state index >= 15 is 0 Å². The number of hydrogen-bond acceptors (Lipinski definition) is 5. The van der Waals surface area contributed by atoms with Crippen LogP contribution in [0.5, 0.6) is 5.75 Å². The number of amides is 1. The molecular formula is C25H30N6O2. The maximum atomic E-state index is 13.2. The third-order valence-corrected chi connectivity index (χ3v) is 6.57. The normalized spacial score (nSPS) is 16.6. The van der Waals surface area contributed by atoms with Crippen molar-refractivity contribution in [2.75, 3.05) is 20.2 Å². The van der Waals surface area contributed by atoms with Gasteiger partial charge in [0, 0.05) is 49.4 Å².